The van der Waals surface area contributed by atoms with Gasteiger partial charge in [-0.15, -0.1) is 0 Å². The zero-order valence-electron chi connectivity index (χ0n) is 13.6. The summed E-state index contributed by atoms with van der Waals surface area (Å²) < 4.78 is 32.8. The number of fused-ring (bicyclic) bond motifs is 1. The van der Waals surface area contributed by atoms with Gasteiger partial charge in [0, 0.05) is 11.3 Å². The molecule has 6 nitrogen and oxygen atoms in total. The van der Waals surface area contributed by atoms with Crippen molar-refractivity contribution in [1.29, 1.82) is 0 Å². The number of benzene rings is 2. The van der Waals surface area contributed by atoms with E-state index < -0.39 is 21.7 Å². The Labute approximate surface area is 140 Å². The Morgan fingerprint density at radius 1 is 1.08 bits per heavy atom. The van der Waals surface area contributed by atoms with E-state index in [0.29, 0.717) is 16.9 Å². The van der Waals surface area contributed by atoms with E-state index in [-0.39, 0.29) is 4.90 Å². The zero-order valence-corrected chi connectivity index (χ0v) is 14.4. The third-order valence-electron chi connectivity index (χ3n) is 3.84. The Hall–Kier alpha value is -2.54. The van der Waals surface area contributed by atoms with Gasteiger partial charge in [0.1, 0.15) is 5.60 Å². The Kier molecular flexibility index (Phi) is 3.76. The minimum Gasteiger partial charge on any atom is -0.438 e. The van der Waals surface area contributed by atoms with Crippen molar-refractivity contribution >= 4 is 27.5 Å². The Morgan fingerprint density at radius 2 is 1.75 bits per heavy atom. The summed E-state index contributed by atoms with van der Waals surface area (Å²) in [6.45, 7) is 5.40. The highest BCUT2D eigenvalue weighted by molar-refractivity contribution is 7.92. The Morgan fingerprint density at radius 3 is 2.42 bits per heavy atom. The fourth-order valence-corrected chi connectivity index (χ4v) is 3.62. The number of carbonyl (C=O) groups is 1. The van der Waals surface area contributed by atoms with Crippen LogP contribution in [0.15, 0.2) is 47.4 Å². The Balaban J connectivity index is 1.94. The molecular formula is C17H18N2O4S. The van der Waals surface area contributed by atoms with Crippen LogP contribution < -0.4 is 10.0 Å². The van der Waals surface area contributed by atoms with E-state index in [1.165, 1.54) is 0 Å². The number of aryl methyl sites for hydroxylation is 1. The molecule has 2 aromatic rings. The molecule has 0 unspecified atom stereocenters. The van der Waals surface area contributed by atoms with Gasteiger partial charge in [-0.3, -0.25) is 10.0 Å². The van der Waals surface area contributed by atoms with Gasteiger partial charge in [-0.25, -0.2) is 13.2 Å². The number of anilines is 2. The highest BCUT2D eigenvalue weighted by Gasteiger charge is 2.33. The predicted molar refractivity (Wildman–Crippen MR) is 91.6 cm³/mol. The van der Waals surface area contributed by atoms with Gasteiger partial charge in [0.25, 0.3) is 10.0 Å². The third kappa shape index (κ3) is 3.07. The fraction of sp³-hybridized carbons (Fsp3) is 0.235. The first-order valence-electron chi connectivity index (χ1n) is 7.41. The van der Waals surface area contributed by atoms with Gasteiger partial charge in [0.15, 0.2) is 0 Å². The average Bonchev–Trinajstić information content (AvgIpc) is 2.47. The molecule has 2 aromatic carbocycles. The molecule has 0 radical (unpaired) electrons. The number of carbonyl (C=O) groups excluding carboxylic acids is 1. The van der Waals surface area contributed by atoms with Crippen molar-refractivity contribution in [3.8, 4) is 0 Å². The van der Waals surface area contributed by atoms with Gasteiger partial charge in [-0.2, -0.15) is 0 Å². The summed E-state index contributed by atoms with van der Waals surface area (Å²) in [6.07, 6.45) is -0.527. The average molecular weight is 346 g/mol. The molecule has 0 saturated heterocycles. The standard InChI is InChI=1S/C17H18N2O4S/c1-11-4-7-13(8-5-11)24(21,22)19-12-6-9-15-14(10-12)17(2,3)23-16(20)18-15/h4-10,19H,1-3H3,(H,18,20). The van der Waals surface area contributed by atoms with Gasteiger partial charge in [0.2, 0.25) is 0 Å². The first kappa shape index (κ1) is 16.3. The summed E-state index contributed by atoms with van der Waals surface area (Å²) in [5.74, 6) is 0. The Bertz CT molecular complexity index is 903. The molecule has 2 N–H and O–H groups in total. The molecule has 1 amide bonds. The van der Waals surface area contributed by atoms with E-state index in [9.17, 15) is 13.2 Å². The topological polar surface area (TPSA) is 84.5 Å². The second kappa shape index (κ2) is 5.52. The smallest absolute Gasteiger partial charge is 0.412 e. The maximum Gasteiger partial charge on any atom is 0.412 e. The lowest BCUT2D eigenvalue weighted by Crippen LogP contribution is -2.34. The molecule has 1 aliphatic heterocycles. The minimum atomic E-state index is -3.68. The van der Waals surface area contributed by atoms with Crippen molar-refractivity contribution in [3.05, 3.63) is 53.6 Å². The van der Waals surface area contributed by atoms with Crippen LogP contribution >= 0.6 is 0 Å². The van der Waals surface area contributed by atoms with Crippen LogP contribution in [0.4, 0.5) is 16.2 Å². The first-order chi connectivity index (χ1) is 11.2. The molecule has 126 valence electrons. The minimum absolute atomic E-state index is 0.189. The van der Waals surface area contributed by atoms with Crippen LogP contribution in [0.25, 0.3) is 0 Å². The van der Waals surface area contributed by atoms with Gasteiger partial charge in [0.05, 0.1) is 10.6 Å². The number of hydrogen-bond donors (Lipinski definition) is 2. The van der Waals surface area contributed by atoms with E-state index in [1.807, 2.05) is 6.92 Å². The van der Waals surface area contributed by atoms with Crippen molar-refractivity contribution in [2.75, 3.05) is 10.0 Å². The van der Waals surface area contributed by atoms with Crippen molar-refractivity contribution in [2.24, 2.45) is 0 Å². The van der Waals surface area contributed by atoms with Crippen molar-refractivity contribution in [1.82, 2.24) is 0 Å². The summed E-state index contributed by atoms with van der Waals surface area (Å²) in [7, 11) is -3.68. The van der Waals surface area contributed by atoms with Gasteiger partial charge in [-0.05, 0) is 51.1 Å². The lowest BCUT2D eigenvalue weighted by atomic mass is 9.94. The summed E-state index contributed by atoms with van der Waals surface area (Å²) in [6, 6.07) is 11.5. The normalized spacial score (nSPS) is 15.9. The number of cyclic esters (lactones) is 1. The number of nitrogens with one attached hydrogen (secondary N) is 2. The number of hydrogen-bond acceptors (Lipinski definition) is 4. The summed E-state index contributed by atoms with van der Waals surface area (Å²) in [5, 5.41) is 2.61. The van der Waals surface area contributed by atoms with E-state index in [1.54, 1.807) is 56.3 Å². The van der Waals surface area contributed by atoms with E-state index in [4.69, 9.17) is 4.74 Å². The molecule has 0 atom stereocenters. The number of sulfonamides is 1. The maximum absolute atomic E-state index is 12.5. The number of ether oxygens (including phenoxy) is 1. The lowest BCUT2D eigenvalue weighted by Gasteiger charge is -2.32. The van der Waals surface area contributed by atoms with Crippen LogP contribution in [-0.4, -0.2) is 14.5 Å². The molecule has 24 heavy (non-hydrogen) atoms. The predicted octanol–water partition coefficient (Wildman–Crippen LogP) is 3.59. The zero-order chi connectivity index (χ0) is 17.5. The van der Waals surface area contributed by atoms with Gasteiger partial charge >= 0.3 is 6.09 Å². The van der Waals surface area contributed by atoms with Crippen molar-refractivity contribution < 1.29 is 17.9 Å². The SMILES string of the molecule is Cc1ccc(S(=O)(=O)Nc2ccc3c(c2)C(C)(C)OC(=O)N3)cc1. The van der Waals surface area contributed by atoms with E-state index in [2.05, 4.69) is 10.0 Å². The molecule has 0 fully saturated rings. The van der Waals surface area contributed by atoms with Crippen LogP contribution in [0.2, 0.25) is 0 Å². The molecule has 0 aliphatic carbocycles. The molecule has 0 aromatic heterocycles. The van der Waals surface area contributed by atoms with Crippen molar-refractivity contribution in [3.63, 3.8) is 0 Å². The lowest BCUT2D eigenvalue weighted by molar-refractivity contribution is 0.0421. The summed E-state index contributed by atoms with van der Waals surface area (Å²) >= 11 is 0. The van der Waals surface area contributed by atoms with Crippen LogP contribution in [-0.2, 0) is 20.4 Å². The largest absolute Gasteiger partial charge is 0.438 e. The number of amides is 1. The molecule has 0 spiro atoms. The molecule has 1 heterocycles. The monoisotopic (exact) mass is 346 g/mol. The maximum atomic E-state index is 12.5. The first-order valence-corrected chi connectivity index (χ1v) is 8.90. The van der Waals surface area contributed by atoms with E-state index in [0.717, 1.165) is 5.56 Å². The molecule has 0 saturated carbocycles. The quantitative estimate of drug-likeness (QED) is 0.889. The van der Waals surface area contributed by atoms with Crippen LogP contribution in [0.3, 0.4) is 0 Å². The van der Waals surface area contributed by atoms with Crippen LogP contribution in [0.5, 0.6) is 0 Å². The number of rotatable bonds is 3. The molecule has 0 bridgehead atoms. The summed E-state index contributed by atoms with van der Waals surface area (Å²) in [4.78, 5) is 11.7. The second-order valence-corrected chi connectivity index (χ2v) is 7.89. The fourth-order valence-electron chi connectivity index (χ4n) is 2.57. The van der Waals surface area contributed by atoms with E-state index >= 15 is 0 Å². The van der Waals surface area contributed by atoms with Crippen LogP contribution in [0.1, 0.15) is 25.0 Å². The molecule has 1 aliphatic rings. The molecule has 3 rings (SSSR count). The highest BCUT2D eigenvalue weighted by atomic mass is 32.2. The highest BCUT2D eigenvalue weighted by Crippen LogP contribution is 2.37. The third-order valence-corrected chi connectivity index (χ3v) is 5.23. The van der Waals surface area contributed by atoms with Crippen molar-refractivity contribution in [2.45, 2.75) is 31.3 Å². The summed E-state index contributed by atoms with van der Waals surface area (Å²) in [5.41, 5.74) is 1.85. The van der Waals surface area contributed by atoms with Crippen LogP contribution in [0, 0.1) is 6.92 Å². The molecular weight excluding hydrogens is 328 g/mol. The van der Waals surface area contributed by atoms with Gasteiger partial charge < -0.3 is 4.74 Å². The second-order valence-electron chi connectivity index (χ2n) is 6.20. The molecule has 7 heteroatoms. The van der Waals surface area contributed by atoms with Gasteiger partial charge in [-0.1, -0.05) is 17.7 Å².